The maximum Gasteiger partial charge on any atom is 0.324 e. The Morgan fingerprint density at radius 2 is 2.20 bits per heavy atom. The van der Waals surface area contributed by atoms with Crippen LogP contribution in [0.4, 0.5) is 0 Å². The van der Waals surface area contributed by atoms with Gasteiger partial charge in [0, 0.05) is 12.8 Å². The molecule has 0 N–H and O–H groups in total. The fourth-order valence-electron chi connectivity index (χ4n) is 0.536. The Balaban J connectivity index is 3.03. The van der Waals surface area contributed by atoms with Crippen LogP contribution in [0, 0.1) is 0 Å². The number of unbranched alkanes of at least 4 members (excludes halogenated alkanes) is 2. The molecule has 3 nitrogen and oxygen atoms in total. The molecule has 0 saturated heterocycles. The van der Waals surface area contributed by atoms with E-state index in [4.69, 9.17) is 11.9 Å². The number of hydrogen-bond donors (Lipinski definition) is 0. The SMILES string of the molecule is O=CCCCCC(=O)OCl. The Morgan fingerprint density at radius 1 is 1.50 bits per heavy atom. The molecule has 0 radical (unpaired) electrons. The summed E-state index contributed by atoms with van der Waals surface area (Å²) in [6.07, 6.45) is 2.98. The standard InChI is InChI=1S/C6H9ClO3/c7-10-6(9)4-2-1-3-5-8/h5H,1-4H2. The quantitative estimate of drug-likeness (QED) is 0.456. The highest BCUT2D eigenvalue weighted by atomic mass is 35.5. The third-order valence-corrected chi connectivity index (χ3v) is 1.21. The number of carbonyl (C=O) groups excluding carboxylic acids is 2. The third kappa shape index (κ3) is 5.56. The largest absolute Gasteiger partial charge is 0.348 e. The van der Waals surface area contributed by atoms with Crippen molar-refractivity contribution in [2.45, 2.75) is 25.7 Å². The average molecular weight is 165 g/mol. The van der Waals surface area contributed by atoms with Crippen LogP contribution in [0.5, 0.6) is 0 Å². The molecular formula is C6H9ClO3. The van der Waals surface area contributed by atoms with E-state index in [1.54, 1.807) is 0 Å². The van der Waals surface area contributed by atoms with Gasteiger partial charge in [-0.2, -0.15) is 0 Å². The summed E-state index contributed by atoms with van der Waals surface area (Å²) in [5.74, 6) is -0.437. The summed E-state index contributed by atoms with van der Waals surface area (Å²) in [5.41, 5.74) is 0. The van der Waals surface area contributed by atoms with Crippen molar-refractivity contribution in [2.75, 3.05) is 0 Å². The Bertz CT molecular complexity index is 114. The molecule has 0 aliphatic heterocycles. The van der Waals surface area contributed by atoms with Crippen LogP contribution in [-0.4, -0.2) is 12.3 Å². The van der Waals surface area contributed by atoms with E-state index in [9.17, 15) is 9.59 Å². The molecule has 0 spiro atoms. The summed E-state index contributed by atoms with van der Waals surface area (Å²) in [7, 11) is 0. The van der Waals surface area contributed by atoms with Gasteiger partial charge in [0.25, 0.3) is 0 Å². The van der Waals surface area contributed by atoms with Gasteiger partial charge in [-0.3, -0.25) is 4.79 Å². The second kappa shape index (κ2) is 6.55. The molecule has 10 heavy (non-hydrogen) atoms. The van der Waals surface area contributed by atoms with Gasteiger partial charge in [0.05, 0.1) is 0 Å². The molecule has 0 bridgehead atoms. The summed E-state index contributed by atoms with van der Waals surface area (Å²) in [6, 6.07) is 0. The number of rotatable bonds is 5. The van der Waals surface area contributed by atoms with Gasteiger partial charge in [0.1, 0.15) is 18.2 Å². The van der Waals surface area contributed by atoms with Crippen molar-refractivity contribution in [2.24, 2.45) is 0 Å². The van der Waals surface area contributed by atoms with Crippen LogP contribution >= 0.6 is 11.9 Å². The van der Waals surface area contributed by atoms with E-state index in [-0.39, 0.29) is 6.42 Å². The minimum Gasteiger partial charge on any atom is -0.348 e. The maximum atomic E-state index is 10.3. The first kappa shape index (κ1) is 9.43. The van der Waals surface area contributed by atoms with E-state index >= 15 is 0 Å². The predicted octanol–water partition coefficient (Wildman–Crippen LogP) is 1.44. The predicted molar refractivity (Wildman–Crippen MR) is 36.5 cm³/mol. The van der Waals surface area contributed by atoms with Crippen molar-refractivity contribution < 1.29 is 13.9 Å². The maximum absolute atomic E-state index is 10.3. The van der Waals surface area contributed by atoms with Crippen molar-refractivity contribution in [1.82, 2.24) is 0 Å². The van der Waals surface area contributed by atoms with E-state index in [0.717, 1.165) is 12.7 Å². The molecule has 0 aliphatic carbocycles. The molecule has 0 fully saturated rings. The van der Waals surface area contributed by atoms with Crippen LogP contribution in [-0.2, 0) is 13.9 Å². The van der Waals surface area contributed by atoms with Crippen LogP contribution in [0.3, 0.4) is 0 Å². The fourth-order valence-corrected chi connectivity index (χ4v) is 0.613. The topological polar surface area (TPSA) is 43.4 Å². The minimum atomic E-state index is -0.437. The number of halogens is 1. The molecular weight excluding hydrogens is 156 g/mol. The molecule has 0 unspecified atom stereocenters. The lowest BCUT2D eigenvalue weighted by Gasteiger charge is -1.92. The van der Waals surface area contributed by atoms with Crippen molar-refractivity contribution >= 4 is 24.1 Å². The zero-order valence-corrected chi connectivity index (χ0v) is 6.26. The first-order valence-corrected chi connectivity index (χ1v) is 3.37. The summed E-state index contributed by atoms with van der Waals surface area (Å²) in [4.78, 5) is 20.1. The molecule has 0 rings (SSSR count). The van der Waals surface area contributed by atoms with Gasteiger partial charge in [-0.15, -0.1) is 0 Å². The molecule has 0 heterocycles. The number of hydrogen-bond acceptors (Lipinski definition) is 3. The Morgan fingerprint density at radius 3 is 2.70 bits per heavy atom. The van der Waals surface area contributed by atoms with Gasteiger partial charge >= 0.3 is 5.97 Å². The van der Waals surface area contributed by atoms with Gasteiger partial charge in [-0.25, -0.2) is 0 Å². The van der Waals surface area contributed by atoms with Crippen LogP contribution in [0.25, 0.3) is 0 Å². The highest BCUT2D eigenvalue weighted by Crippen LogP contribution is 2.00. The van der Waals surface area contributed by atoms with Crippen LogP contribution in [0.15, 0.2) is 0 Å². The second-order valence-electron chi connectivity index (χ2n) is 1.86. The second-order valence-corrected chi connectivity index (χ2v) is 2.02. The molecule has 0 aromatic heterocycles. The number of aldehydes is 1. The zero-order chi connectivity index (χ0) is 7.82. The van der Waals surface area contributed by atoms with Crippen molar-refractivity contribution in [1.29, 1.82) is 0 Å². The van der Waals surface area contributed by atoms with Crippen molar-refractivity contribution in [3.63, 3.8) is 0 Å². The monoisotopic (exact) mass is 164 g/mol. The van der Waals surface area contributed by atoms with Crippen molar-refractivity contribution in [3.05, 3.63) is 0 Å². The smallest absolute Gasteiger partial charge is 0.324 e. The van der Waals surface area contributed by atoms with Gasteiger partial charge in [0.15, 0.2) is 0 Å². The number of carbonyl (C=O) groups is 2. The van der Waals surface area contributed by atoms with E-state index in [1.165, 1.54) is 0 Å². The molecule has 0 aromatic rings. The van der Waals surface area contributed by atoms with E-state index in [2.05, 4.69) is 4.29 Å². The molecule has 0 aliphatic rings. The highest BCUT2D eigenvalue weighted by molar-refractivity contribution is 6.13. The van der Waals surface area contributed by atoms with Crippen LogP contribution in [0.1, 0.15) is 25.7 Å². The molecule has 58 valence electrons. The minimum absolute atomic E-state index is 0.289. The highest BCUT2D eigenvalue weighted by Gasteiger charge is 1.99. The Kier molecular flexibility index (Phi) is 6.18. The van der Waals surface area contributed by atoms with Crippen LogP contribution < -0.4 is 0 Å². The van der Waals surface area contributed by atoms with E-state index in [1.807, 2.05) is 0 Å². The van der Waals surface area contributed by atoms with E-state index in [0.29, 0.717) is 12.8 Å². The lowest BCUT2D eigenvalue weighted by Crippen LogP contribution is -1.95. The molecule has 0 saturated carbocycles. The first-order valence-electron chi connectivity index (χ1n) is 3.06. The lowest BCUT2D eigenvalue weighted by atomic mass is 10.2. The van der Waals surface area contributed by atoms with Gasteiger partial charge in [0.2, 0.25) is 0 Å². The first-order chi connectivity index (χ1) is 4.81. The van der Waals surface area contributed by atoms with Gasteiger partial charge in [-0.05, 0) is 12.8 Å². The zero-order valence-electron chi connectivity index (χ0n) is 5.51. The van der Waals surface area contributed by atoms with Gasteiger partial charge < -0.3 is 9.08 Å². The van der Waals surface area contributed by atoms with Crippen LogP contribution in [0.2, 0.25) is 0 Å². The molecule has 4 heteroatoms. The summed E-state index contributed by atoms with van der Waals surface area (Å²) in [5, 5.41) is 0. The van der Waals surface area contributed by atoms with Gasteiger partial charge in [-0.1, -0.05) is 0 Å². The fraction of sp³-hybridized carbons (Fsp3) is 0.667. The third-order valence-electron chi connectivity index (χ3n) is 1.04. The summed E-state index contributed by atoms with van der Waals surface area (Å²) >= 11 is 4.75. The van der Waals surface area contributed by atoms with Crippen molar-refractivity contribution in [3.8, 4) is 0 Å². The lowest BCUT2D eigenvalue weighted by molar-refractivity contribution is -0.134. The molecule has 0 amide bonds. The Labute approximate surface area is 64.5 Å². The summed E-state index contributed by atoms with van der Waals surface area (Å²) in [6.45, 7) is 0. The average Bonchev–Trinajstić information content (AvgIpc) is 1.98. The summed E-state index contributed by atoms with van der Waals surface area (Å²) < 4.78 is 3.88. The Hall–Kier alpha value is -0.570. The molecule has 0 atom stereocenters. The normalized spacial score (nSPS) is 8.90. The van der Waals surface area contributed by atoms with E-state index < -0.39 is 5.97 Å². The molecule has 0 aromatic carbocycles.